The van der Waals surface area contributed by atoms with E-state index in [2.05, 4.69) is 12.1 Å². The van der Waals surface area contributed by atoms with Crippen molar-refractivity contribution in [1.82, 2.24) is 0 Å². The Kier molecular flexibility index (Phi) is 3.65. The molecule has 0 saturated carbocycles. The largest absolute Gasteiger partial charge is 0.476 e. The van der Waals surface area contributed by atoms with E-state index >= 15 is 0 Å². The lowest BCUT2D eigenvalue weighted by molar-refractivity contribution is 0.251. The molecule has 1 aromatic carbocycles. The monoisotopic (exact) mass is 230 g/mol. The van der Waals surface area contributed by atoms with Crippen molar-refractivity contribution in [3.63, 3.8) is 0 Å². The molecule has 0 amide bonds. The molecule has 2 rings (SSSR count). The maximum absolute atomic E-state index is 8.88. The van der Waals surface area contributed by atoms with Gasteiger partial charge < -0.3 is 10.5 Å². The average Bonchev–Trinajstić information content (AvgIpc) is 2.37. The number of hydrogen-bond acceptors (Lipinski definition) is 3. The van der Waals surface area contributed by atoms with Crippen LogP contribution in [0.1, 0.15) is 43.4 Å². The molecular formula is C14H18N2O. The number of nitrogens with zero attached hydrogens (tertiary/aromatic N) is 1. The summed E-state index contributed by atoms with van der Waals surface area (Å²) >= 11 is 0. The Bertz CT molecular complexity index is 436. The van der Waals surface area contributed by atoms with Crippen molar-refractivity contribution in [2.75, 3.05) is 0 Å². The molecular weight excluding hydrogens is 212 g/mol. The maximum atomic E-state index is 8.88. The number of aryl methyl sites for hydroxylation is 1. The van der Waals surface area contributed by atoms with Gasteiger partial charge in [-0.05, 0) is 48.9 Å². The summed E-state index contributed by atoms with van der Waals surface area (Å²) in [6.07, 6.45) is 3.61. The average molecular weight is 230 g/mol. The van der Waals surface area contributed by atoms with Gasteiger partial charge in [0.2, 0.25) is 0 Å². The molecule has 2 atom stereocenters. The minimum atomic E-state index is -0.368. The molecule has 0 aromatic heterocycles. The van der Waals surface area contributed by atoms with E-state index in [4.69, 9.17) is 15.7 Å². The lowest BCUT2D eigenvalue weighted by Crippen LogP contribution is -2.18. The van der Waals surface area contributed by atoms with Crippen molar-refractivity contribution in [3.05, 3.63) is 29.3 Å². The highest BCUT2D eigenvalue weighted by molar-refractivity contribution is 5.39. The fourth-order valence-corrected chi connectivity index (χ4v) is 2.25. The zero-order valence-electron chi connectivity index (χ0n) is 10.1. The van der Waals surface area contributed by atoms with E-state index in [1.165, 1.54) is 11.1 Å². The van der Waals surface area contributed by atoms with E-state index in [0.29, 0.717) is 6.42 Å². The number of ether oxygens (including phenoxy) is 1. The Labute approximate surface area is 102 Å². The maximum Gasteiger partial charge on any atom is 0.184 e. The van der Waals surface area contributed by atoms with Crippen LogP contribution in [0.2, 0.25) is 0 Å². The van der Waals surface area contributed by atoms with Gasteiger partial charge >= 0.3 is 0 Å². The van der Waals surface area contributed by atoms with Crippen LogP contribution < -0.4 is 10.5 Å². The molecule has 0 heterocycles. The highest BCUT2D eigenvalue weighted by Crippen LogP contribution is 2.31. The summed E-state index contributed by atoms with van der Waals surface area (Å²) in [6.45, 7) is 1.94. The van der Waals surface area contributed by atoms with Gasteiger partial charge in [0, 0.05) is 6.04 Å². The number of nitrogens with two attached hydrogens (primary N) is 1. The first-order valence-electron chi connectivity index (χ1n) is 6.19. The van der Waals surface area contributed by atoms with Crippen LogP contribution in [0.5, 0.6) is 5.75 Å². The van der Waals surface area contributed by atoms with Gasteiger partial charge in [-0.2, -0.15) is 5.26 Å². The number of hydrogen-bond donors (Lipinski definition) is 1. The number of benzene rings is 1. The molecule has 0 spiro atoms. The second-order valence-corrected chi connectivity index (χ2v) is 4.50. The standard InChI is InChI=1S/C14H18N2O/c1-2-11(9-15)17-12-7-6-10-4-3-5-14(16)13(10)8-12/h6-8,11,14H,2-5,16H2,1H3/t11?,14-/m0/s1. The second kappa shape index (κ2) is 5.20. The summed E-state index contributed by atoms with van der Waals surface area (Å²) in [5, 5.41) is 8.88. The molecule has 0 fully saturated rings. The molecule has 17 heavy (non-hydrogen) atoms. The number of nitriles is 1. The van der Waals surface area contributed by atoms with Crippen LogP contribution in [0.3, 0.4) is 0 Å². The zero-order valence-corrected chi connectivity index (χ0v) is 10.1. The third-order valence-electron chi connectivity index (χ3n) is 3.27. The van der Waals surface area contributed by atoms with Crippen molar-refractivity contribution >= 4 is 0 Å². The Hall–Kier alpha value is -1.53. The van der Waals surface area contributed by atoms with Crippen molar-refractivity contribution in [1.29, 1.82) is 5.26 Å². The molecule has 0 radical (unpaired) electrons. The van der Waals surface area contributed by atoms with Gasteiger partial charge in [-0.1, -0.05) is 13.0 Å². The first-order valence-corrected chi connectivity index (χ1v) is 6.19. The molecule has 3 heteroatoms. The fourth-order valence-electron chi connectivity index (χ4n) is 2.25. The molecule has 1 aliphatic carbocycles. The minimum absolute atomic E-state index is 0.115. The summed E-state index contributed by atoms with van der Waals surface area (Å²) in [5.41, 5.74) is 8.59. The van der Waals surface area contributed by atoms with Crippen molar-refractivity contribution in [2.24, 2.45) is 5.73 Å². The van der Waals surface area contributed by atoms with Gasteiger partial charge in [-0.15, -0.1) is 0 Å². The second-order valence-electron chi connectivity index (χ2n) is 4.50. The molecule has 1 aromatic rings. The van der Waals surface area contributed by atoms with Gasteiger partial charge in [-0.25, -0.2) is 0 Å². The van der Waals surface area contributed by atoms with Gasteiger partial charge in [0.15, 0.2) is 6.10 Å². The molecule has 90 valence electrons. The van der Waals surface area contributed by atoms with Gasteiger partial charge in [0.1, 0.15) is 11.8 Å². The summed E-state index contributed by atoms with van der Waals surface area (Å²) in [4.78, 5) is 0. The Morgan fingerprint density at radius 2 is 2.41 bits per heavy atom. The predicted octanol–water partition coefficient (Wildman–Crippen LogP) is 2.70. The Morgan fingerprint density at radius 1 is 1.59 bits per heavy atom. The summed E-state index contributed by atoms with van der Waals surface area (Å²) in [6, 6.07) is 8.27. The van der Waals surface area contributed by atoms with E-state index in [-0.39, 0.29) is 12.1 Å². The number of fused-ring (bicyclic) bond motifs is 1. The quantitative estimate of drug-likeness (QED) is 0.868. The van der Waals surface area contributed by atoms with Crippen LogP contribution in [0.15, 0.2) is 18.2 Å². The van der Waals surface area contributed by atoms with Crippen molar-refractivity contribution in [2.45, 2.75) is 44.8 Å². The molecule has 0 aliphatic heterocycles. The van der Waals surface area contributed by atoms with Gasteiger partial charge in [-0.3, -0.25) is 0 Å². The number of rotatable bonds is 3. The van der Waals surface area contributed by atoms with Crippen LogP contribution in [0.4, 0.5) is 0 Å². The molecule has 2 N–H and O–H groups in total. The highest BCUT2D eigenvalue weighted by atomic mass is 16.5. The minimum Gasteiger partial charge on any atom is -0.476 e. The lowest BCUT2D eigenvalue weighted by atomic mass is 9.88. The first kappa shape index (κ1) is 11.9. The third kappa shape index (κ3) is 2.59. The van der Waals surface area contributed by atoms with Crippen molar-refractivity contribution < 1.29 is 4.74 Å². The highest BCUT2D eigenvalue weighted by Gasteiger charge is 2.17. The summed E-state index contributed by atoms with van der Waals surface area (Å²) in [7, 11) is 0. The van der Waals surface area contributed by atoms with Crippen LogP contribution >= 0.6 is 0 Å². The lowest BCUT2D eigenvalue weighted by Gasteiger charge is -2.23. The van der Waals surface area contributed by atoms with E-state index < -0.39 is 0 Å². The van der Waals surface area contributed by atoms with E-state index in [1.54, 1.807) is 0 Å². The molecule has 1 aliphatic rings. The van der Waals surface area contributed by atoms with Crippen LogP contribution in [-0.4, -0.2) is 6.10 Å². The summed E-state index contributed by atoms with van der Waals surface area (Å²) in [5.74, 6) is 0.759. The fraction of sp³-hybridized carbons (Fsp3) is 0.500. The molecule has 1 unspecified atom stereocenters. The van der Waals surface area contributed by atoms with Gasteiger partial charge in [0.05, 0.1) is 0 Å². The zero-order chi connectivity index (χ0) is 12.3. The van der Waals surface area contributed by atoms with E-state index in [0.717, 1.165) is 25.0 Å². The third-order valence-corrected chi connectivity index (χ3v) is 3.27. The normalized spacial score (nSPS) is 20.2. The van der Waals surface area contributed by atoms with E-state index in [1.807, 2.05) is 19.1 Å². The smallest absolute Gasteiger partial charge is 0.184 e. The Morgan fingerprint density at radius 3 is 3.12 bits per heavy atom. The molecule has 0 bridgehead atoms. The van der Waals surface area contributed by atoms with E-state index in [9.17, 15) is 0 Å². The van der Waals surface area contributed by atoms with Crippen molar-refractivity contribution in [3.8, 4) is 11.8 Å². The van der Waals surface area contributed by atoms with Crippen LogP contribution in [-0.2, 0) is 6.42 Å². The Balaban J connectivity index is 2.21. The SMILES string of the molecule is CCC(C#N)Oc1ccc2c(c1)[C@@H](N)CCC2. The van der Waals surface area contributed by atoms with Gasteiger partial charge in [0.25, 0.3) is 0 Å². The molecule has 3 nitrogen and oxygen atoms in total. The predicted molar refractivity (Wildman–Crippen MR) is 66.6 cm³/mol. The van der Waals surface area contributed by atoms with Crippen LogP contribution in [0.25, 0.3) is 0 Å². The summed E-state index contributed by atoms with van der Waals surface area (Å²) < 4.78 is 5.61. The topological polar surface area (TPSA) is 59.0 Å². The first-order chi connectivity index (χ1) is 8.24. The van der Waals surface area contributed by atoms with Crippen LogP contribution in [0, 0.1) is 11.3 Å². The molecule has 0 saturated heterocycles.